The lowest BCUT2D eigenvalue weighted by atomic mass is 10.2. The van der Waals surface area contributed by atoms with Crippen molar-refractivity contribution < 1.29 is 9.63 Å². The molecular formula is C10H12N2O2. The molecule has 0 bridgehead atoms. The normalized spacial score (nSPS) is 11.1. The van der Waals surface area contributed by atoms with Crippen molar-refractivity contribution in [3.8, 4) is 0 Å². The summed E-state index contributed by atoms with van der Waals surface area (Å²) in [6, 6.07) is 8.67. The van der Waals surface area contributed by atoms with Gasteiger partial charge < -0.3 is 10.6 Å². The molecule has 1 aromatic rings. The number of hydrogen-bond acceptors (Lipinski definition) is 4. The Bertz CT molecular complexity index is 333. The summed E-state index contributed by atoms with van der Waals surface area (Å²) in [6.45, 7) is 1.97. The van der Waals surface area contributed by atoms with Crippen LogP contribution in [0.15, 0.2) is 35.5 Å². The first-order valence-electron chi connectivity index (χ1n) is 4.24. The Morgan fingerprint density at radius 1 is 1.43 bits per heavy atom. The molecule has 0 saturated heterocycles. The maximum atomic E-state index is 11.3. The number of oxime groups is 1. The SMILES string of the molecule is C/C(CN)=N/OC(=O)c1ccccc1. The third-order valence-electron chi connectivity index (χ3n) is 1.59. The monoisotopic (exact) mass is 192 g/mol. The third-order valence-corrected chi connectivity index (χ3v) is 1.59. The van der Waals surface area contributed by atoms with Crippen molar-refractivity contribution >= 4 is 11.7 Å². The summed E-state index contributed by atoms with van der Waals surface area (Å²) >= 11 is 0. The summed E-state index contributed by atoms with van der Waals surface area (Å²) in [5, 5.41) is 3.56. The molecule has 14 heavy (non-hydrogen) atoms. The standard InChI is InChI=1S/C10H12N2O2/c1-8(7-11)12-14-10(13)9-5-3-2-4-6-9/h2-6H,7,11H2,1H3/b12-8-. The van der Waals surface area contributed by atoms with Crippen LogP contribution in [0, 0.1) is 0 Å². The zero-order valence-electron chi connectivity index (χ0n) is 7.93. The van der Waals surface area contributed by atoms with E-state index in [0.29, 0.717) is 11.3 Å². The number of carbonyl (C=O) groups excluding carboxylic acids is 1. The van der Waals surface area contributed by atoms with Crippen molar-refractivity contribution in [1.29, 1.82) is 0 Å². The van der Waals surface area contributed by atoms with Crippen molar-refractivity contribution in [1.82, 2.24) is 0 Å². The van der Waals surface area contributed by atoms with Gasteiger partial charge in [0.1, 0.15) is 0 Å². The average molecular weight is 192 g/mol. The van der Waals surface area contributed by atoms with E-state index in [0.717, 1.165) is 0 Å². The second-order valence-electron chi connectivity index (χ2n) is 2.78. The second kappa shape index (κ2) is 5.14. The number of hydrogen-bond donors (Lipinski definition) is 1. The highest BCUT2D eigenvalue weighted by Gasteiger charge is 2.04. The number of rotatable bonds is 3. The predicted octanol–water partition coefficient (Wildman–Crippen LogP) is 1.18. The minimum absolute atomic E-state index is 0.280. The lowest BCUT2D eigenvalue weighted by molar-refractivity contribution is 0.0515. The molecule has 4 heteroatoms. The summed E-state index contributed by atoms with van der Waals surface area (Å²) in [6.07, 6.45) is 0. The molecule has 2 N–H and O–H groups in total. The Morgan fingerprint density at radius 3 is 2.64 bits per heavy atom. The van der Waals surface area contributed by atoms with Crippen molar-refractivity contribution in [3.05, 3.63) is 35.9 Å². The van der Waals surface area contributed by atoms with Gasteiger partial charge in [-0.1, -0.05) is 23.4 Å². The fourth-order valence-corrected chi connectivity index (χ4v) is 0.784. The maximum Gasteiger partial charge on any atom is 0.365 e. The van der Waals surface area contributed by atoms with Crippen molar-refractivity contribution in [3.63, 3.8) is 0 Å². The molecule has 0 unspecified atom stereocenters. The van der Waals surface area contributed by atoms with Crippen LogP contribution >= 0.6 is 0 Å². The fraction of sp³-hybridized carbons (Fsp3) is 0.200. The van der Waals surface area contributed by atoms with E-state index in [1.165, 1.54) is 0 Å². The Morgan fingerprint density at radius 2 is 2.07 bits per heavy atom. The highest BCUT2D eigenvalue weighted by molar-refractivity contribution is 5.90. The van der Waals surface area contributed by atoms with Gasteiger partial charge in [0, 0.05) is 6.54 Å². The van der Waals surface area contributed by atoms with E-state index in [1.54, 1.807) is 31.2 Å². The van der Waals surface area contributed by atoms with Crippen LogP contribution in [-0.2, 0) is 4.84 Å². The van der Waals surface area contributed by atoms with Gasteiger partial charge in [-0.05, 0) is 19.1 Å². The van der Waals surface area contributed by atoms with Gasteiger partial charge in [-0.25, -0.2) is 4.79 Å². The van der Waals surface area contributed by atoms with Gasteiger partial charge >= 0.3 is 5.97 Å². The van der Waals surface area contributed by atoms with E-state index in [9.17, 15) is 4.79 Å². The summed E-state index contributed by atoms with van der Waals surface area (Å²) in [7, 11) is 0. The molecule has 1 aromatic carbocycles. The van der Waals surface area contributed by atoms with Crippen LogP contribution in [0.4, 0.5) is 0 Å². The number of nitrogens with two attached hydrogens (primary N) is 1. The van der Waals surface area contributed by atoms with E-state index >= 15 is 0 Å². The van der Waals surface area contributed by atoms with Crippen LogP contribution in [0.25, 0.3) is 0 Å². The molecule has 0 aliphatic heterocycles. The van der Waals surface area contributed by atoms with E-state index in [1.807, 2.05) is 6.07 Å². The predicted molar refractivity (Wildman–Crippen MR) is 54.0 cm³/mol. The van der Waals surface area contributed by atoms with Crippen LogP contribution in [0.5, 0.6) is 0 Å². The number of carbonyl (C=O) groups is 1. The van der Waals surface area contributed by atoms with E-state index in [4.69, 9.17) is 5.73 Å². The molecule has 0 aliphatic carbocycles. The Balaban J connectivity index is 2.60. The topological polar surface area (TPSA) is 64.7 Å². The molecule has 0 aliphatic rings. The Kier molecular flexibility index (Phi) is 3.82. The molecule has 4 nitrogen and oxygen atoms in total. The molecule has 0 aromatic heterocycles. The molecule has 1 rings (SSSR count). The van der Waals surface area contributed by atoms with Crippen molar-refractivity contribution in [2.45, 2.75) is 6.92 Å². The molecule has 74 valence electrons. The van der Waals surface area contributed by atoms with Gasteiger partial charge in [-0.2, -0.15) is 0 Å². The first-order valence-corrected chi connectivity index (χ1v) is 4.24. The zero-order valence-corrected chi connectivity index (χ0v) is 7.93. The summed E-state index contributed by atoms with van der Waals surface area (Å²) < 4.78 is 0. The van der Waals surface area contributed by atoms with Gasteiger partial charge in [0.05, 0.1) is 11.3 Å². The largest absolute Gasteiger partial charge is 0.365 e. The molecule has 0 amide bonds. The first kappa shape index (κ1) is 10.4. The second-order valence-corrected chi connectivity index (χ2v) is 2.78. The van der Waals surface area contributed by atoms with Gasteiger partial charge in [-0.3, -0.25) is 0 Å². The minimum atomic E-state index is -0.474. The molecule has 0 spiro atoms. The molecule has 0 radical (unpaired) electrons. The Labute approximate surface area is 82.4 Å². The summed E-state index contributed by atoms with van der Waals surface area (Å²) in [4.78, 5) is 15.9. The smallest absolute Gasteiger partial charge is 0.325 e. The number of nitrogens with zero attached hydrogens (tertiary/aromatic N) is 1. The fourth-order valence-electron chi connectivity index (χ4n) is 0.784. The van der Waals surface area contributed by atoms with Crippen molar-refractivity contribution in [2.24, 2.45) is 10.9 Å². The molecular weight excluding hydrogens is 180 g/mol. The van der Waals surface area contributed by atoms with Crippen LogP contribution in [0.3, 0.4) is 0 Å². The lowest BCUT2D eigenvalue weighted by Crippen LogP contribution is -2.11. The quantitative estimate of drug-likeness (QED) is 0.444. The summed E-state index contributed by atoms with van der Waals surface area (Å²) in [5.41, 5.74) is 6.33. The van der Waals surface area contributed by atoms with Gasteiger partial charge in [0.2, 0.25) is 0 Å². The molecule has 0 atom stereocenters. The third kappa shape index (κ3) is 2.99. The Hall–Kier alpha value is -1.68. The van der Waals surface area contributed by atoms with Crippen LogP contribution < -0.4 is 5.73 Å². The van der Waals surface area contributed by atoms with Gasteiger partial charge in [0.25, 0.3) is 0 Å². The van der Waals surface area contributed by atoms with Gasteiger partial charge in [-0.15, -0.1) is 0 Å². The molecule has 0 fully saturated rings. The van der Waals surface area contributed by atoms with Crippen LogP contribution in [-0.4, -0.2) is 18.2 Å². The first-order chi connectivity index (χ1) is 6.74. The number of benzene rings is 1. The highest BCUT2D eigenvalue weighted by atomic mass is 16.7. The zero-order chi connectivity index (χ0) is 10.4. The van der Waals surface area contributed by atoms with Crippen LogP contribution in [0.1, 0.15) is 17.3 Å². The maximum absolute atomic E-state index is 11.3. The lowest BCUT2D eigenvalue weighted by Gasteiger charge is -1.98. The highest BCUT2D eigenvalue weighted by Crippen LogP contribution is 2.00. The molecule has 0 saturated carbocycles. The van der Waals surface area contributed by atoms with Crippen molar-refractivity contribution in [2.75, 3.05) is 6.54 Å². The average Bonchev–Trinajstić information content (AvgIpc) is 2.26. The van der Waals surface area contributed by atoms with Gasteiger partial charge in [0.15, 0.2) is 0 Å². The minimum Gasteiger partial charge on any atom is -0.325 e. The molecule has 0 heterocycles. The van der Waals surface area contributed by atoms with E-state index in [-0.39, 0.29) is 6.54 Å². The van der Waals surface area contributed by atoms with E-state index < -0.39 is 5.97 Å². The van der Waals surface area contributed by atoms with E-state index in [2.05, 4.69) is 9.99 Å². The summed E-state index contributed by atoms with van der Waals surface area (Å²) in [5.74, 6) is -0.474. The van der Waals surface area contributed by atoms with Crippen LogP contribution in [0.2, 0.25) is 0 Å².